The van der Waals surface area contributed by atoms with Crippen LogP contribution in [0.4, 0.5) is 10.5 Å². The zero-order chi connectivity index (χ0) is 12.0. The molecule has 0 radical (unpaired) electrons. The van der Waals surface area contributed by atoms with Gasteiger partial charge >= 0.3 is 6.03 Å². The Hall–Kier alpha value is -2.04. The predicted octanol–water partition coefficient (Wildman–Crippen LogP) is 1.52. The van der Waals surface area contributed by atoms with E-state index in [1.807, 2.05) is 18.2 Å². The van der Waals surface area contributed by atoms with Gasteiger partial charge in [-0.15, -0.1) is 0 Å². The van der Waals surface area contributed by atoms with Gasteiger partial charge < -0.3 is 16.4 Å². The van der Waals surface area contributed by atoms with E-state index in [1.165, 1.54) is 0 Å². The van der Waals surface area contributed by atoms with Crippen LogP contribution in [0.15, 0.2) is 30.3 Å². The van der Waals surface area contributed by atoms with Crippen molar-refractivity contribution in [1.29, 1.82) is 5.41 Å². The Labute approximate surface area is 94.5 Å². The van der Waals surface area contributed by atoms with E-state index in [4.69, 9.17) is 11.1 Å². The van der Waals surface area contributed by atoms with Crippen molar-refractivity contribution in [3.05, 3.63) is 30.3 Å². The molecule has 0 aromatic heterocycles. The van der Waals surface area contributed by atoms with E-state index in [9.17, 15) is 4.79 Å². The maximum Gasteiger partial charge on any atom is 0.319 e. The van der Waals surface area contributed by atoms with Gasteiger partial charge in [-0.2, -0.15) is 0 Å². The van der Waals surface area contributed by atoms with Crippen LogP contribution in [-0.2, 0) is 0 Å². The second-order valence-electron chi connectivity index (χ2n) is 3.59. The van der Waals surface area contributed by atoms with Gasteiger partial charge in [-0.05, 0) is 19.1 Å². The van der Waals surface area contributed by atoms with Crippen LogP contribution in [0.3, 0.4) is 0 Å². The van der Waals surface area contributed by atoms with E-state index in [-0.39, 0.29) is 17.9 Å². The SMILES string of the molecule is CC(CC(=N)N)NC(=O)Nc1ccccc1. The maximum atomic E-state index is 11.5. The van der Waals surface area contributed by atoms with Crippen LogP contribution in [0.2, 0.25) is 0 Å². The second-order valence-corrected chi connectivity index (χ2v) is 3.59. The number of hydrogen-bond acceptors (Lipinski definition) is 2. The van der Waals surface area contributed by atoms with Crippen LogP contribution in [0.1, 0.15) is 13.3 Å². The third-order valence-corrected chi connectivity index (χ3v) is 1.94. The fourth-order valence-electron chi connectivity index (χ4n) is 1.29. The lowest BCUT2D eigenvalue weighted by molar-refractivity contribution is 0.249. The van der Waals surface area contributed by atoms with Crippen molar-refractivity contribution < 1.29 is 4.79 Å². The number of nitrogens with two attached hydrogens (primary N) is 1. The van der Waals surface area contributed by atoms with Crippen LogP contribution in [0.25, 0.3) is 0 Å². The summed E-state index contributed by atoms with van der Waals surface area (Å²) in [5.41, 5.74) is 5.96. The second kappa shape index (κ2) is 5.75. The summed E-state index contributed by atoms with van der Waals surface area (Å²) in [6.07, 6.45) is 0.349. The first kappa shape index (κ1) is 12.0. The van der Waals surface area contributed by atoms with Gasteiger partial charge in [-0.1, -0.05) is 18.2 Å². The minimum Gasteiger partial charge on any atom is -0.388 e. The van der Waals surface area contributed by atoms with Gasteiger partial charge in [0.25, 0.3) is 0 Å². The number of anilines is 1. The van der Waals surface area contributed by atoms with E-state index >= 15 is 0 Å². The summed E-state index contributed by atoms with van der Waals surface area (Å²) in [6, 6.07) is 8.72. The molecule has 0 saturated heterocycles. The number of carbonyl (C=O) groups excluding carboxylic acids is 1. The van der Waals surface area contributed by atoms with Gasteiger partial charge in [0.15, 0.2) is 0 Å². The molecule has 1 unspecified atom stereocenters. The lowest BCUT2D eigenvalue weighted by Gasteiger charge is -2.13. The molecule has 1 rings (SSSR count). The molecule has 0 bridgehead atoms. The number of amidine groups is 1. The average Bonchev–Trinajstić information content (AvgIpc) is 2.17. The van der Waals surface area contributed by atoms with Crippen molar-refractivity contribution in [2.75, 3.05) is 5.32 Å². The normalized spacial score (nSPS) is 11.6. The van der Waals surface area contributed by atoms with Crippen LogP contribution in [0, 0.1) is 5.41 Å². The predicted molar refractivity (Wildman–Crippen MR) is 64.6 cm³/mol. The molecule has 16 heavy (non-hydrogen) atoms. The van der Waals surface area contributed by atoms with E-state index < -0.39 is 0 Å². The molecule has 0 aliphatic rings. The first-order valence-corrected chi connectivity index (χ1v) is 5.03. The van der Waals surface area contributed by atoms with E-state index in [0.29, 0.717) is 6.42 Å². The lowest BCUT2D eigenvalue weighted by atomic mass is 10.2. The highest BCUT2D eigenvalue weighted by Gasteiger charge is 2.07. The Morgan fingerprint density at radius 3 is 2.62 bits per heavy atom. The van der Waals surface area contributed by atoms with Crippen molar-refractivity contribution in [3.8, 4) is 0 Å². The first-order valence-electron chi connectivity index (χ1n) is 5.03. The maximum absolute atomic E-state index is 11.5. The van der Waals surface area contributed by atoms with Gasteiger partial charge in [-0.25, -0.2) is 4.79 Å². The van der Waals surface area contributed by atoms with E-state index in [0.717, 1.165) is 5.69 Å². The molecule has 0 fully saturated rings. The Morgan fingerprint density at radius 2 is 2.06 bits per heavy atom. The molecule has 1 atom stereocenters. The van der Waals surface area contributed by atoms with Crippen molar-refractivity contribution in [1.82, 2.24) is 5.32 Å². The molecule has 1 aromatic rings. The number of amides is 2. The Kier molecular flexibility index (Phi) is 4.32. The molecule has 0 aliphatic carbocycles. The number of para-hydroxylation sites is 1. The van der Waals surface area contributed by atoms with Crippen molar-refractivity contribution in [2.24, 2.45) is 5.73 Å². The highest BCUT2D eigenvalue weighted by molar-refractivity contribution is 5.89. The molecular formula is C11H16N4O. The molecule has 5 N–H and O–H groups in total. The van der Waals surface area contributed by atoms with Crippen molar-refractivity contribution >= 4 is 17.6 Å². The standard InChI is InChI=1S/C11H16N4O/c1-8(7-10(12)13)14-11(16)15-9-5-3-2-4-6-9/h2-6,8H,7H2,1H3,(H3,12,13)(H2,14,15,16). The molecule has 5 heteroatoms. The van der Waals surface area contributed by atoms with E-state index in [2.05, 4.69) is 10.6 Å². The molecular weight excluding hydrogens is 204 g/mol. The number of urea groups is 1. The third-order valence-electron chi connectivity index (χ3n) is 1.94. The zero-order valence-corrected chi connectivity index (χ0v) is 9.16. The molecule has 1 aromatic carbocycles. The summed E-state index contributed by atoms with van der Waals surface area (Å²) in [6.45, 7) is 1.80. The number of carbonyl (C=O) groups is 1. The van der Waals surface area contributed by atoms with Crippen LogP contribution >= 0.6 is 0 Å². The summed E-state index contributed by atoms with van der Waals surface area (Å²) >= 11 is 0. The molecule has 0 saturated carbocycles. The minimum atomic E-state index is -0.292. The topological polar surface area (TPSA) is 91.0 Å². The number of rotatable bonds is 4. The molecule has 0 heterocycles. The number of hydrogen-bond donors (Lipinski definition) is 4. The van der Waals surface area contributed by atoms with E-state index in [1.54, 1.807) is 19.1 Å². The van der Waals surface area contributed by atoms with Gasteiger partial charge in [0.2, 0.25) is 0 Å². The molecule has 5 nitrogen and oxygen atoms in total. The monoisotopic (exact) mass is 220 g/mol. The van der Waals surface area contributed by atoms with Crippen molar-refractivity contribution in [3.63, 3.8) is 0 Å². The summed E-state index contributed by atoms with van der Waals surface area (Å²) in [5.74, 6) is 0.0625. The average molecular weight is 220 g/mol. The zero-order valence-electron chi connectivity index (χ0n) is 9.16. The highest BCUT2D eigenvalue weighted by atomic mass is 16.2. The third kappa shape index (κ3) is 4.45. The summed E-state index contributed by atoms with van der Waals surface area (Å²) in [7, 11) is 0. The fourth-order valence-corrected chi connectivity index (χ4v) is 1.29. The summed E-state index contributed by atoms with van der Waals surface area (Å²) in [5, 5.41) is 12.5. The van der Waals surface area contributed by atoms with Gasteiger partial charge in [0.1, 0.15) is 0 Å². The Morgan fingerprint density at radius 1 is 1.44 bits per heavy atom. The van der Waals surface area contributed by atoms with Crippen LogP contribution in [0.5, 0.6) is 0 Å². The molecule has 86 valence electrons. The molecule has 2 amide bonds. The van der Waals surface area contributed by atoms with Crippen molar-refractivity contribution in [2.45, 2.75) is 19.4 Å². The largest absolute Gasteiger partial charge is 0.388 e. The summed E-state index contributed by atoms with van der Waals surface area (Å²) in [4.78, 5) is 11.5. The summed E-state index contributed by atoms with van der Waals surface area (Å²) < 4.78 is 0. The van der Waals surface area contributed by atoms with Crippen LogP contribution < -0.4 is 16.4 Å². The lowest BCUT2D eigenvalue weighted by Crippen LogP contribution is -2.38. The smallest absolute Gasteiger partial charge is 0.319 e. The number of nitrogens with one attached hydrogen (secondary N) is 3. The Bertz CT molecular complexity index is 364. The first-order chi connectivity index (χ1) is 7.58. The van der Waals surface area contributed by atoms with Gasteiger partial charge in [0.05, 0.1) is 5.84 Å². The highest BCUT2D eigenvalue weighted by Crippen LogP contribution is 2.04. The van der Waals surface area contributed by atoms with Gasteiger partial charge in [-0.3, -0.25) is 5.41 Å². The molecule has 0 aliphatic heterocycles. The van der Waals surface area contributed by atoms with Crippen LogP contribution in [-0.4, -0.2) is 17.9 Å². The minimum absolute atomic E-state index is 0.0625. The number of benzene rings is 1. The van der Waals surface area contributed by atoms with Gasteiger partial charge in [0, 0.05) is 18.2 Å². The molecule has 0 spiro atoms. The quantitative estimate of drug-likeness (QED) is 0.457. The Balaban J connectivity index is 2.39. The fraction of sp³-hybridized carbons (Fsp3) is 0.273.